The first-order valence-electron chi connectivity index (χ1n) is 12.8. The number of aryl methyl sites for hydroxylation is 1. The van der Waals surface area contributed by atoms with Gasteiger partial charge in [0.1, 0.15) is 5.82 Å². The molecule has 0 radical (unpaired) electrons. The van der Waals surface area contributed by atoms with Gasteiger partial charge in [-0.25, -0.2) is 13.4 Å². The van der Waals surface area contributed by atoms with Crippen LogP contribution in [0.5, 0.6) is 0 Å². The van der Waals surface area contributed by atoms with E-state index in [9.17, 15) is 13.2 Å². The first-order valence-corrected chi connectivity index (χ1v) is 14.7. The average molecular weight is 509 g/mol. The summed E-state index contributed by atoms with van der Waals surface area (Å²) in [7, 11) is -3.53. The van der Waals surface area contributed by atoms with E-state index in [1.54, 1.807) is 18.2 Å². The van der Waals surface area contributed by atoms with Gasteiger partial charge in [0.05, 0.1) is 29.2 Å². The van der Waals surface area contributed by atoms with Crippen molar-refractivity contribution in [1.29, 1.82) is 0 Å². The van der Waals surface area contributed by atoms with Crippen molar-refractivity contribution < 1.29 is 13.2 Å². The Morgan fingerprint density at radius 1 is 1.00 bits per heavy atom. The Balaban J connectivity index is 1.38. The molecular weight excluding hydrogens is 476 g/mol. The number of aromatic nitrogens is 3. The first-order chi connectivity index (χ1) is 17.3. The van der Waals surface area contributed by atoms with E-state index in [4.69, 9.17) is 10.1 Å². The number of nitrogens with one attached hydrogen (secondary N) is 1. The Bertz CT molecular complexity index is 1440. The number of carbonyl (C=O) groups is 1. The van der Waals surface area contributed by atoms with E-state index < -0.39 is 10.0 Å². The topological polar surface area (TPSA) is 99.9 Å². The fraction of sp³-hybridized carbons (Fsp3) is 0.500. The molecule has 36 heavy (non-hydrogen) atoms. The molecule has 1 aromatic carbocycles. The predicted octanol–water partition coefficient (Wildman–Crippen LogP) is 3.86. The molecule has 4 heterocycles. The van der Waals surface area contributed by atoms with Crippen molar-refractivity contribution >= 4 is 33.1 Å². The molecule has 3 aliphatic rings. The second kappa shape index (κ2) is 8.76. The van der Waals surface area contributed by atoms with Crippen LogP contribution in [-0.4, -0.2) is 59.7 Å². The van der Waals surface area contributed by atoms with Gasteiger partial charge in [0, 0.05) is 43.4 Å². The summed E-state index contributed by atoms with van der Waals surface area (Å²) in [5.41, 5.74) is 4.40. The highest BCUT2D eigenvalue weighted by Gasteiger charge is 2.34. The smallest absolute Gasteiger partial charge is 0.256 e. The molecule has 9 nitrogen and oxygen atoms in total. The summed E-state index contributed by atoms with van der Waals surface area (Å²) in [6.07, 6.45) is 7.38. The molecule has 3 aromatic rings. The molecule has 1 atom stereocenters. The van der Waals surface area contributed by atoms with Gasteiger partial charge in [0.15, 0.2) is 5.65 Å². The molecule has 0 spiro atoms. The van der Waals surface area contributed by atoms with Crippen molar-refractivity contribution in [3.8, 4) is 0 Å². The number of nitrogens with zero attached hydrogens (tertiary/aromatic N) is 5. The third kappa shape index (κ3) is 4.42. The maximum atomic E-state index is 13.9. The lowest BCUT2D eigenvalue weighted by Gasteiger charge is -2.35. The molecule has 0 bridgehead atoms. The summed E-state index contributed by atoms with van der Waals surface area (Å²) in [6.45, 7) is 4.55. The second-order valence-corrected chi connectivity index (χ2v) is 12.2. The zero-order valence-corrected chi connectivity index (χ0v) is 21.6. The summed E-state index contributed by atoms with van der Waals surface area (Å²) >= 11 is 0. The van der Waals surface area contributed by atoms with Crippen LogP contribution in [-0.2, 0) is 10.0 Å². The molecule has 1 amide bonds. The van der Waals surface area contributed by atoms with Crippen molar-refractivity contribution in [3.63, 3.8) is 0 Å². The normalized spacial score (nSPS) is 20.4. The SMILES string of the molecule is Cc1ccc(NS(C)(=O)=O)c(C(=O)N2CCCCC2c2cc3nc(C4CC4)cc(N4CCC4)n3n2)c1. The summed E-state index contributed by atoms with van der Waals surface area (Å²) in [6, 6.07) is 9.28. The highest BCUT2D eigenvalue weighted by molar-refractivity contribution is 7.92. The maximum absolute atomic E-state index is 13.9. The minimum absolute atomic E-state index is 0.179. The molecule has 2 saturated heterocycles. The Morgan fingerprint density at radius 2 is 1.81 bits per heavy atom. The molecule has 1 saturated carbocycles. The quantitative estimate of drug-likeness (QED) is 0.543. The van der Waals surface area contributed by atoms with E-state index in [2.05, 4.69) is 15.7 Å². The van der Waals surface area contributed by atoms with Crippen molar-refractivity contribution in [2.45, 2.75) is 57.4 Å². The lowest BCUT2D eigenvalue weighted by Crippen LogP contribution is -2.39. The zero-order valence-electron chi connectivity index (χ0n) is 20.8. The van der Waals surface area contributed by atoms with E-state index in [-0.39, 0.29) is 11.9 Å². The van der Waals surface area contributed by atoms with Crippen molar-refractivity contribution in [2.24, 2.45) is 0 Å². The maximum Gasteiger partial charge on any atom is 0.256 e. The third-order valence-corrected chi connectivity index (χ3v) is 8.02. The number of anilines is 2. The van der Waals surface area contributed by atoms with E-state index in [0.717, 1.165) is 67.0 Å². The Hall–Kier alpha value is -3.14. The van der Waals surface area contributed by atoms with Crippen LogP contribution >= 0.6 is 0 Å². The molecule has 1 unspecified atom stereocenters. The van der Waals surface area contributed by atoms with Crippen LogP contribution in [0.4, 0.5) is 11.5 Å². The van der Waals surface area contributed by atoms with Crippen LogP contribution in [0.25, 0.3) is 5.65 Å². The lowest BCUT2D eigenvalue weighted by atomic mass is 9.97. The van der Waals surface area contributed by atoms with Gasteiger partial charge in [-0.3, -0.25) is 9.52 Å². The van der Waals surface area contributed by atoms with Gasteiger partial charge >= 0.3 is 0 Å². The average Bonchev–Trinajstić information content (AvgIpc) is 3.56. The molecule has 1 N–H and O–H groups in total. The van der Waals surface area contributed by atoms with E-state index in [1.807, 2.05) is 22.4 Å². The predicted molar refractivity (Wildman–Crippen MR) is 139 cm³/mol. The number of fused-ring (bicyclic) bond motifs is 1. The van der Waals surface area contributed by atoms with Gasteiger partial charge in [0.2, 0.25) is 10.0 Å². The Morgan fingerprint density at radius 3 is 2.50 bits per heavy atom. The molecule has 3 fully saturated rings. The molecule has 190 valence electrons. The van der Waals surface area contributed by atoms with E-state index >= 15 is 0 Å². The molecular formula is C26H32N6O3S. The third-order valence-electron chi connectivity index (χ3n) is 7.43. The van der Waals surface area contributed by atoms with Gasteiger partial charge in [0.25, 0.3) is 5.91 Å². The van der Waals surface area contributed by atoms with Crippen LogP contribution in [0, 0.1) is 6.92 Å². The van der Waals surface area contributed by atoms with Crippen molar-refractivity contribution in [1.82, 2.24) is 19.5 Å². The molecule has 2 aliphatic heterocycles. The summed E-state index contributed by atoms with van der Waals surface area (Å²) in [5.74, 6) is 1.45. The Labute approximate surface area is 211 Å². The van der Waals surface area contributed by atoms with Gasteiger partial charge < -0.3 is 9.80 Å². The molecule has 10 heteroatoms. The molecule has 1 aliphatic carbocycles. The van der Waals surface area contributed by atoms with Gasteiger partial charge in [-0.1, -0.05) is 11.6 Å². The number of hydrogen-bond acceptors (Lipinski definition) is 6. The lowest BCUT2D eigenvalue weighted by molar-refractivity contribution is 0.0606. The Kier molecular flexibility index (Phi) is 5.66. The largest absolute Gasteiger partial charge is 0.356 e. The standard InChI is InChI=1S/C26H32N6O3S/c1-17-7-10-20(29-36(2,34)35)19(14-17)26(33)31-13-4-3-6-23(31)22-15-24-27-21(18-8-9-18)16-25(32(24)28-22)30-11-5-12-30/h7,10,14-16,18,23,29H,3-6,8-9,11-13H2,1-2H3. The van der Waals surface area contributed by atoms with Gasteiger partial charge in [-0.2, -0.15) is 9.61 Å². The molecule has 6 rings (SSSR count). The second-order valence-electron chi connectivity index (χ2n) is 10.4. The van der Waals surface area contributed by atoms with Crippen LogP contribution in [0.15, 0.2) is 30.3 Å². The number of hydrogen-bond donors (Lipinski definition) is 1. The van der Waals surface area contributed by atoms with E-state index in [1.165, 1.54) is 19.3 Å². The van der Waals surface area contributed by atoms with Crippen LogP contribution in [0.1, 0.15) is 77.8 Å². The van der Waals surface area contributed by atoms with Crippen molar-refractivity contribution in [2.75, 3.05) is 35.5 Å². The number of likely N-dealkylation sites (tertiary alicyclic amines) is 1. The fourth-order valence-corrected chi connectivity index (χ4v) is 5.85. The monoisotopic (exact) mass is 508 g/mol. The summed E-state index contributed by atoms with van der Waals surface area (Å²) < 4.78 is 28.4. The van der Waals surface area contributed by atoms with E-state index in [0.29, 0.717) is 23.7 Å². The highest BCUT2D eigenvalue weighted by atomic mass is 32.2. The first kappa shape index (κ1) is 23.3. The number of amides is 1. The summed E-state index contributed by atoms with van der Waals surface area (Å²) in [4.78, 5) is 23.0. The van der Waals surface area contributed by atoms with Crippen molar-refractivity contribution in [3.05, 3.63) is 52.8 Å². The molecule has 2 aromatic heterocycles. The minimum Gasteiger partial charge on any atom is -0.356 e. The van der Waals surface area contributed by atoms with Crippen LogP contribution in [0.3, 0.4) is 0 Å². The number of sulfonamides is 1. The van der Waals surface area contributed by atoms with Gasteiger partial charge in [-0.05, 0) is 57.6 Å². The number of benzene rings is 1. The number of carbonyl (C=O) groups excluding carboxylic acids is 1. The minimum atomic E-state index is -3.53. The van der Waals surface area contributed by atoms with Gasteiger partial charge in [-0.15, -0.1) is 0 Å². The number of rotatable bonds is 6. The number of piperidine rings is 1. The van der Waals surface area contributed by atoms with Crippen LogP contribution < -0.4 is 9.62 Å². The summed E-state index contributed by atoms with van der Waals surface area (Å²) in [5, 5.41) is 4.99. The van der Waals surface area contributed by atoms with Crippen LogP contribution in [0.2, 0.25) is 0 Å². The fourth-order valence-electron chi connectivity index (χ4n) is 5.28. The zero-order chi connectivity index (χ0) is 25.0. The highest BCUT2D eigenvalue weighted by Crippen LogP contribution is 2.41.